The van der Waals surface area contributed by atoms with Crippen LogP contribution in [0.5, 0.6) is 0 Å². The zero-order chi connectivity index (χ0) is 21.3. The van der Waals surface area contributed by atoms with Crippen molar-refractivity contribution in [1.82, 2.24) is 14.5 Å². The zero-order valence-electron chi connectivity index (χ0n) is 17.4. The van der Waals surface area contributed by atoms with Crippen molar-refractivity contribution < 1.29 is 0 Å². The number of aryl methyl sites for hydroxylation is 3. The van der Waals surface area contributed by atoms with Crippen LogP contribution in [-0.2, 0) is 13.0 Å². The summed E-state index contributed by atoms with van der Waals surface area (Å²) in [6.07, 6.45) is 6.38. The first kappa shape index (κ1) is 19.4. The smallest absolute Gasteiger partial charge is 0.160 e. The molecule has 0 saturated carbocycles. The molecule has 0 bridgehead atoms. The Morgan fingerprint density at radius 2 is 1.80 bits per heavy atom. The predicted octanol–water partition coefficient (Wildman–Crippen LogP) is 5.18. The third-order valence-corrected chi connectivity index (χ3v) is 5.33. The Morgan fingerprint density at radius 1 is 1.03 bits per heavy atom. The van der Waals surface area contributed by atoms with Gasteiger partial charge in [-0.05, 0) is 54.8 Å². The second kappa shape index (κ2) is 7.85. The number of benzene rings is 2. The molecule has 30 heavy (non-hydrogen) atoms. The molecule has 0 spiro atoms. The number of fused-ring (bicyclic) bond motifs is 1. The lowest BCUT2D eigenvalue weighted by atomic mass is 9.97. The summed E-state index contributed by atoms with van der Waals surface area (Å²) in [6.45, 7) is 6.91. The summed E-state index contributed by atoms with van der Waals surface area (Å²) in [7, 11) is 0. The number of hydrogen-bond donors (Lipinski definition) is 0. The number of imidazole rings is 1. The summed E-state index contributed by atoms with van der Waals surface area (Å²) < 4.78 is 2.20. The first-order chi connectivity index (χ1) is 14.5. The minimum absolute atomic E-state index is 0.616. The maximum atomic E-state index is 9.45. The highest BCUT2D eigenvalue weighted by Gasteiger charge is 2.14. The van der Waals surface area contributed by atoms with Gasteiger partial charge in [-0.25, -0.2) is 9.97 Å². The van der Waals surface area contributed by atoms with Crippen LogP contribution in [0.25, 0.3) is 22.3 Å². The van der Waals surface area contributed by atoms with Gasteiger partial charge in [-0.1, -0.05) is 37.1 Å². The first-order valence-electron chi connectivity index (χ1n) is 9.97. The molecule has 146 valence electrons. The van der Waals surface area contributed by atoms with Gasteiger partial charge in [0.05, 0.1) is 18.2 Å². The number of hydrogen-bond acceptors (Lipinski definition) is 3. The second-order valence-corrected chi connectivity index (χ2v) is 7.43. The fourth-order valence-electron chi connectivity index (χ4n) is 3.83. The third kappa shape index (κ3) is 3.45. The lowest BCUT2D eigenvalue weighted by Gasteiger charge is -2.10. The fraction of sp³-hybridized carbons (Fsp3) is 0.192. The number of nitriles is 1. The van der Waals surface area contributed by atoms with E-state index in [1.807, 2.05) is 25.1 Å². The summed E-state index contributed by atoms with van der Waals surface area (Å²) in [5.74, 6) is 3.67. The summed E-state index contributed by atoms with van der Waals surface area (Å²) in [6, 6.07) is 18.1. The van der Waals surface area contributed by atoms with Gasteiger partial charge >= 0.3 is 0 Å². The molecule has 0 amide bonds. The van der Waals surface area contributed by atoms with E-state index in [9.17, 15) is 5.26 Å². The van der Waals surface area contributed by atoms with Gasteiger partial charge in [-0.3, -0.25) is 0 Å². The maximum absolute atomic E-state index is 9.45. The van der Waals surface area contributed by atoms with Gasteiger partial charge in [0, 0.05) is 23.2 Å². The number of pyridine rings is 1. The van der Waals surface area contributed by atoms with E-state index in [0.717, 1.165) is 56.9 Å². The van der Waals surface area contributed by atoms with Crippen LogP contribution in [0.3, 0.4) is 0 Å². The molecular formula is C26H22N4. The molecule has 0 saturated heterocycles. The molecule has 0 unspecified atom stereocenters. The molecule has 0 aliphatic carbocycles. The van der Waals surface area contributed by atoms with Crippen molar-refractivity contribution in [1.29, 1.82) is 5.26 Å². The molecule has 4 rings (SSSR count). The van der Waals surface area contributed by atoms with E-state index in [1.54, 1.807) is 12.1 Å². The quantitative estimate of drug-likeness (QED) is 0.451. The van der Waals surface area contributed by atoms with Gasteiger partial charge < -0.3 is 4.57 Å². The Hall–Kier alpha value is -3.89. The number of rotatable bonds is 4. The highest BCUT2D eigenvalue weighted by molar-refractivity contribution is 5.76. The average molecular weight is 390 g/mol. The predicted molar refractivity (Wildman–Crippen MR) is 120 cm³/mol. The lowest BCUT2D eigenvalue weighted by Crippen LogP contribution is -2.05. The monoisotopic (exact) mass is 390 g/mol. The van der Waals surface area contributed by atoms with Crippen LogP contribution in [0.4, 0.5) is 0 Å². The van der Waals surface area contributed by atoms with Crippen LogP contribution < -0.4 is 0 Å². The summed E-state index contributed by atoms with van der Waals surface area (Å²) in [5.41, 5.74) is 8.42. The molecule has 0 N–H and O–H groups in total. The molecule has 0 radical (unpaired) electrons. The number of aromatic nitrogens is 3. The summed E-state index contributed by atoms with van der Waals surface area (Å²) in [5, 5.41) is 9.45. The Morgan fingerprint density at radius 3 is 2.47 bits per heavy atom. The van der Waals surface area contributed by atoms with Gasteiger partial charge in [0.2, 0.25) is 0 Å². The van der Waals surface area contributed by atoms with Crippen molar-refractivity contribution in [3.05, 3.63) is 82.3 Å². The van der Waals surface area contributed by atoms with Crippen molar-refractivity contribution in [2.75, 3.05) is 0 Å². The molecule has 2 aromatic carbocycles. The van der Waals surface area contributed by atoms with E-state index in [-0.39, 0.29) is 0 Å². The normalized spacial score (nSPS) is 10.7. The molecule has 0 aliphatic heterocycles. The van der Waals surface area contributed by atoms with Gasteiger partial charge in [-0.15, -0.1) is 6.42 Å². The third-order valence-electron chi connectivity index (χ3n) is 5.33. The van der Waals surface area contributed by atoms with E-state index >= 15 is 0 Å². The molecule has 4 heteroatoms. The molecule has 4 aromatic rings. The lowest BCUT2D eigenvalue weighted by molar-refractivity contribution is 0.745. The zero-order valence-corrected chi connectivity index (χ0v) is 17.4. The van der Waals surface area contributed by atoms with Gasteiger partial charge in [-0.2, -0.15) is 5.26 Å². The van der Waals surface area contributed by atoms with Crippen LogP contribution in [0.15, 0.2) is 48.5 Å². The number of nitrogens with zero attached hydrogens (tertiary/aromatic N) is 4. The van der Waals surface area contributed by atoms with Crippen molar-refractivity contribution in [3.63, 3.8) is 0 Å². The SMILES string of the molecule is C#Cc1ccc(C#N)c(-c2ccc(Cn3c(CC)nc4c(C)cc(C)nc43)cc2)c1. The Bertz CT molecular complexity index is 1330. The summed E-state index contributed by atoms with van der Waals surface area (Å²) in [4.78, 5) is 9.57. The molecule has 2 aromatic heterocycles. The minimum Gasteiger partial charge on any atom is -0.308 e. The molecule has 0 fully saturated rings. The Balaban J connectivity index is 1.72. The molecular weight excluding hydrogens is 368 g/mol. The van der Waals surface area contributed by atoms with Gasteiger partial charge in [0.25, 0.3) is 0 Å². The van der Waals surface area contributed by atoms with Crippen molar-refractivity contribution in [2.45, 2.75) is 33.7 Å². The van der Waals surface area contributed by atoms with E-state index in [2.05, 4.69) is 48.6 Å². The van der Waals surface area contributed by atoms with E-state index in [4.69, 9.17) is 16.4 Å². The minimum atomic E-state index is 0.616. The van der Waals surface area contributed by atoms with Crippen LogP contribution in [0.2, 0.25) is 0 Å². The van der Waals surface area contributed by atoms with Crippen LogP contribution >= 0.6 is 0 Å². The van der Waals surface area contributed by atoms with E-state index in [1.165, 1.54) is 0 Å². The van der Waals surface area contributed by atoms with Crippen molar-refractivity contribution in [3.8, 4) is 29.5 Å². The van der Waals surface area contributed by atoms with Crippen molar-refractivity contribution in [2.24, 2.45) is 0 Å². The van der Waals surface area contributed by atoms with E-state index in [0.29, 0.717) is 12.1 Å². The standard InChI is InChI=1S/C26H22N4/c1-5-19-7-12-22(15-27)23(14-19)21-10-8-20(9-11-21)16-30-24(6-2)29-25-17(3)13-18(4)28-26(25)30/h1,7-14H,6,16H2,2-4H3. The largest absolute Gasteiger partial charge is 0.308 e. The summed E-state index contributed by atoms with van der Waals surface area (Å²) >= 11 is 0. The highest BCUT2D eigenvalue weighted by atomic mass is 15.1. The number of terminal acetylenes is 1. The highest BCUT2D eigenvalue weighted by Crippen LogP contribution is 2.26. The average Bonchev–Trinajstić information content (AvgIpc) is 3.11. The first-order valence-corrected chi connectivity index (χ1v) is 9.97. The van der Waals surface area contributed by atoms with Crippen molar-refractivity contribution >= 4 is 11.2 Å². The maximum Gasteiger partial charge on any atom is 0.160 e. The van der Waals surface area contributed by atoms with Crippen LogP contribution in [-0.4, -0.2) is 14.5 Å². The van der Waals surface area contributed by atoms with Crippen LogP contribution in [0.1, 0.15) is 40.7 Å². The topological polar surface area (TPSA) is 54.5 Å². The molecule has 0 atom stereocenters. The molecule has 2 heterocycles. The molecule has 0 aliphatic rings. The Labute approximate surface area is 176 Å². The Kier molecular flexibility index (Phi) is 5.09. The van der Waals surface area contributed by atoms with Crippen LogP contribution in [0, 0.1) is 37.5 Å². The van der Waals surface area contributed by atoms with E-state index < -0.39 is 0 Å². The fourth-order valence-corrected chi connectivity index (χ4v) is 3.83. The van der Waals surface area contributed by atoms with Gasteiger partial charge in [0.1, 0.15) is 11.3 Å². The molecule has 4 nitrogen and oxygen atoms in total. The van der Waals surface area contributed by atoms with Gasteiger partial charge in [0.15, 0.2) is 5.65 Å². The second-order valence-electron chi connectivity index (χ2n) is 7.43.